The van der Waals surface area contributed by atoms with Crippen molar-refractivity contribution in [1.29, 1.82) is 0 Å². The van der Waals surface area contributed by atoms with Gasteiger partial charge in [-0.2, -0.15) is 8.78 Å². The average molecular weight is 386 g/mol. The number of halogens is 2. The molecule has 1 aliphatic rings. The first kappa shape index (κ1) is 18.7. The summed E-state index contributed by atoms with van der Waals surface area (Å²) in [6.45, 7) is -1.85. The molecule has 148 valence electrons. The van der Waals surface area contributed by atoms with E-state index >= 15 is 0 Å². The maximum Gasteiger partial charge on any atom is 0.387 e. The zero-order valence-electron chi connectivity index (χ0n) is 16.0. The lowest BCUT2D eigenvalue weighted by molar-refractivity contribution is -0.0498. The van der Waals surface area contributed by atoms with Gasteiger partial charge in [0.25, 0.3) is 0 Å². The summed E-state index contributed by atoms with van der Waals surface area (Å²) in [5.41, 5.74) is 4.35. The predicted octanol–water partition coefficient (Wildman–Crippen LogP) is 4.94. The van der Waals surface area contributed by atoms with Gasteiger partial charge in [0.05, 0.1) is 0 Å². The van der Waals surface area contributed by atoms with E-state index in [-0.39, 0.29) is 11.9 Å². The summed E-state index contributed by atoms with van der Waals surface area (Å²) in [6.07, 6.45) is 4.51. The van der Waals surface area contributed by atoms with E-state index in [1.54, 1.807) is 12.1 Å². The second-order valence-electron chi connectivity index (χ2n) is 7.43. The normalized spacial score (nSPS) is 16.1. The number of hydrogen-bond acceptors (Lipinski definition) is 3. The van der Waals surface area contributed by atoms with Gasteiger partial charge >= 0.3 is 6.61 Å². The summed E-state index contributed by atoms with van der Waals surface area (Å²) in [4.78, 5) is 5.50. The SMILES string of the molecule is CN(C)CCc1c[nH]c2cccc(OC3CCc4cc(OC(F)F)ccc43)c12. The highest BCUT2D eigenvalue weighted by Crippen LogP contribution is 2.39. The smallest absolute Gasteiger partial charge is 0.387 e. The van der Waals surface area contributed by atoms with Crippen molar-refractivity contribution in [2.45, 2.75) is 32.0 Å². The van der Waals surface area contributed by atoms with Crippen LogP contribution in [0.25, 0.3) is 10.9 Å². The summed E-state index contributed by atoms with van der Waals surface area (Å²) >= 11 is 0. The molecule has 0 radical (unpaired) electrons. The van der Waals surface area contributed by atoms with E-state index in [2.05, 4.69) is 41.0 Å². The molecule has 0 aliphatic heterocycles. The number of rotatable bonds is 7. The maximum absolute atomic E-state index is 12.5. The molecule has 0 saturated carbocycles. The number of hydrogen-bond donors (Lipinski definition) is 1. The van der Waals surface area contributed by atoms with Gasteiger partial charge in [0.15, 0.2) is 0 Å². The van der Waals surface area contributed by atoms with Crippen molar-refractivity contribution < 1.29 is 18.3 Å². The van der Waals surface area contributed by atoms with Crippen molar-refractivity contribution in [3.05, 3.63) is 59.3 Å². The fourth-order valence-electron chi connectivity index (χ4n) is 3.87. The quantitative estimate of drug-likeness (QED) is 0.625. The number of nitrogens with zero attached hydrogens (tertiary/aromatic N) is 1. The Bertz CT molecular complexity index is 968. The maximum atomic E-state index is 12.5. The van der Waals surface area contributed by atoms with Crippen LogP contribution in [0.5, 0.6) is 11.5 Å². The number of aromatic amines is 1. The van der Waals surface area contributed by atoms with Crippen LogP contribution in [-0.4, -0.2) is 37.1 Å². The molecule has 1 aliphatic carbocycles. The van der Waals surface area contributed by atoms with Gasteiger partial charge < -0.3 is 19.4 Å². The Balaban J connectivity index is 1.59. The molecule has 0 fully saturated rings. The molecule has 1 N–H and O–H groups in total. The minimum atomic E-state index is -2.81. The van der Waals surface area contributed by atoms with Gasteiger partial charge in [0.1, 0.15) is 17.6 Å². The summed E-state index contributed by atoms with van der Waals surface area (Å²) in [5, 5.41) is 1.12. The van der Waals surface area contributed by atoms with Gasteiger partial charge in [0, 0.05) is 23.6 Å². The molecule has 3 aromatic rings. The molecule has 0 amide bonds. The summed E-state index contributed by atoms with van der Waals surface area (Å²) in [6, 6.07) is 11.2. The van der Waals surface area contributed by atoms with Gasteiger partial charge in [-0.05, 0) is 74.3 Å². The first-order chi connectivity index (χ1) is 13.5. The molecule has 0 bridgehead atoms. The zero-order valence-corrected chi connectivity index (χ0v) is 16.0. The van der Waals surface area contributed by atoms with Gasteiger partial charge in [-0.15, -0.1) is 0 Å². The van der Waals surface area contributed by atoms with Crippen LogP contribution in [0.15, 0.2) is 42.6 Å². The molecule has 1 heterocycles. The van der Waals surface area contributed by atoms with Crippen LogP contribution < -0.4 is 9.47 Å². The van der Waals surface area contributed by atoms with Crippen LogP contribution in [0.1, 0.15) is 29.2 Å². The van der Waals surface area contributed by atoms with E-state index in [0.29, 0.717) is 0 Å². The largest absolute Gasteiger partial charge is 0.485 e. The summed E-state index contributed by atoms with van der Waals surface area (Å²) in [5.74, 6) is 1.06. The highest BCUT2D eigenvalue weighted by Gasteiger charge is 2.26. The Morgan fingerprint density at radius 2 is 2.07 bits per heavy atom. The molecule has 28 heavy (non-hydrogen) atoms. The molecule has 4 rings (SSSR count). The first-order valence-electron chi connectivity index (χ1n) is 9.49. The van der Waals surface area contributed by atoms with Crippen molar-refractivity contribution in [2.24, 2.45) is 0 Å². The standard InChI is InChI=1S/C22H24F2N2O2/c1-26(2)11-10-15-13-25-18-4-3-5-20(21(15)18)28-19-9-6-14-12-16(27-22(23)24)7-8-17(14)19/h3-5,7-8,12-13,19,22,25H,6,9-11H2,1-2H3. The van der Waals surface area contributed by atoms with E-state index in [1.165, 1.54) is 5.56 Å². The average Bonchev–Trinajstić information content (AvgIpc) is 3.24. The van der Waals surface area contributed by atoms with Crippen LogP contribution in [0, 0.1) is 0 Å². The number of H-pyrrole nitrogens is 1. The number of alkyl halides is 2. The van der Waals surface area contributed by atoms with Crippen LogP contribution in [-0.2, 0) is 12.8 Å². The predicted molar refractivity (Wildman–Crippen MR) is 105 cm³/mol. The lowest BCUT2D eigenvalue weighted by Crippen LogP contribution is -2.15. The van der Waals surface area contributed by atoms with E-state index in [1.807, 2.05) is 18.2 Å². The Hall–Kier alpha value is -2.60. The number of aromatic nitrogens is 1. The monoisotopic (exact) mass is 386 g/mol. The molecular formula is C22H24F2N2O2. The van der Waals surface area contributed by atoms with Gasteiger partial charge in [0.2, 0.25) is 0 Å². The van der Waals surface area contributed by atoms with Crippen molar-refractivity contribution in [1.82, 2.24) is 9.88 Å². The molecule has 1 atom stereocenters. The number of aryl methyl sites for hydroxylation is 1. The highest BCUT2D eigenvalue weighted by molar-refractivity contribution is 5.89. The Kier molecular flexibility index (Phi) is 5.22. The molecular weight excluding hydrogens is 362 g/mol. The fraction of sp³-hybridized carbons (Fsp3) is 0.364. The number of ether oxygens (including phenoxy) is 2. The Labute approximate surface area is 163 Å². The van der Waals surface area contributed by atoms with Crippen molar-refractivity contribution in [3.63, 3.8) is 0 Å². The minimum absolute atomic E-state index is 0.0854. The lowest BCUT2D eigenvalue weighted by Gasteiger charge is -2.17. The zero-order chi connectivity index (χ0) is 19.7. The van der Waals surface area contributed by atoms with Gasteiger partial charge in [-0.1, -0.05) is 12.1 Å². The molecule has 0 spiro atoms. The molecule has 2 aromatic carbocycles. The Morgan fingerprint density at radius 1 is 1.21 bits per heavy atom. The van der Waals surface area contributed by atoms with E-state index < -0.39 is 6.61 Å². The second kappa shape index (κ2) is 7.80. The molecule has 1 aromatic heterocycles. The third kappa shape index (κ3) is 3.83. The van der Waals surface area contributed by atoms with Crippen LogP contribution in [0.2, 0.25) is 0 Å². The molecule has 4 nitrogen and oxygen atoms in total. The molecule has 0 saturated heterocycles. The number of fused-ring (bicyclic) bond motifs is 2. The van der Waals surface area contributed by atoms with E-state index in [9.17, 15) is 8.78 Å². The third-order valence-corrected chi connectivity index (χ3v) is 5.21. The van der Waals surface area contributed by atoms with Crippen LogP contribution >= 0.6 is 0 Å². The van der Waals surface area contributed by atoms with Crippen molar-refractivity contribution in [3.8, 4) is 11.5 Å². The third-order valence-electron chi connectivity index (χ3n) is 5.21. The van der Waals surface area contributed by atoms with E-state index in [4.69, 9.17) is 4.74 Å². The van der Waals surface area contributed by atoms with Crippen molar-refractivity contribution in [2.75, 3.05) is 20.6 Å². The Morgan fingerprint density at radius 3 is 2.86 bits per heavy atom. The van der Waals surface area contributed by atoms with E-state index in [0.717, 1.165) is 53.6 Å². The van der Waals surface area contributed by atoms with Crippen LogP contribution in [0.3, 0.4) is 0 Å². The van der Waals surface area contributed by atoms with Gasteiger partial charge in [-0.3, -0.25) is 0 Å². The summed E-state index contributed by atoms with van der Waals surface area (Å²) in [7, 11) is 4.13. The number of likely N-dealkylation sites (N-methyl/N-ethyl adjacent to an activating group) is 1. The first-order valence-corrected chi connectivity index (χ1v) is 9.49. The molecule has 1 unspecified atom stereocenters. The number of benzene rings is 2. The summed E-state index contributed by atoms with van der Waals surface area (Å²) < 4.78 is 35.8. The van der Waals surface area contributed by atoms with Gasteiger partial charge in [-0.25, -0.2) is 0 Å². The second-order valence-corrected chi connectivity index (χ2v) is 7.43. The van der Waals surface area contributed by atoms with Crippen LogP contribution in [0.4, 0.5) is 8.78 Å². The highest BCUT2D eigenvalue weighted by atomic mass is 19.3. The van der Waals surface area contributed by atoms with Crippen molar-refractivity contribution >= 4 is 10.9 Å². The topological polar surface area (TPSA) is 37.5 Å². The minimum Gasteiger partial charge on any atom is -0.485 e. The number of nitrogens with one attached hydrogen (secondary N) is 1. The lowest BCUT2D eigenvalue weighted by atomic mass is 10.1. The fourth-order valence-corrected chi connectivity index (χ4v) is 3.87. The molecule has 6 heteroatoms.